The molecule has 3 rings (SSSR count). The first-order chi connectivity index (χ1) is 9.66. The van der Waals surface area contributed by atoms with Crippen LogP contribution < -0.4 is 5.32 Å². The number of amides is 1. The Hall–Kier alpha value is -1.32. The number of carbonyl (C=O) groups excluding carboxylic acids is 1. The Balaban J connectivity index is 1.69. The van der Waals surface area contributed by atoms with Crippen molar-refractivity contribution < 1.29 is 4.79 Å². The van der Waals surface area contributed by atoms with Crippen LogP contribution in [0.1, 0.15) is 17.9 Å². The van der Waals surface area contributed by atoms with Gasteiger partial charge in [0.25, 0.3) is 0 Å². The normalized spacial score (nSPS) is 20.5. The van der Waals surface area contributed by atoms with E-state index in [2.05, 4.69) is 21.2 Å². The molecule has 1 fully saturated rings. The summed E-state index contributed by atoms with van der Waals surface area (Å²) in [4.78, 5) is 12.2. The van der Waals surface area contributed by atoms with Crippen molar-refractivity contribution in [1.29, 1.82) is 0 Å². The summed E-state index contributed by atoms with van der Waals surface area (Å²) < 4.78 is 0.892. The molecule has 0 aromatic heterocycles. The largest absolute Gasteiger partial charge is 0.325 e. The topological polar surface area (TPSA) is 29.1 Å². The van der Waals surface area contributed by atoms with Gasteiger partial charge in [0.05, 0.1) is 5.69 Å². The minimum Gasteiger partial charge on any atom is -0.325 e. The second kappa shape index (κ2) is 5.58. The average Bonchev–Trinajstić information content (AvgIpc) is 3.22. The highest BCUT2D eigenvalue weighted by Gasteiger charge is 2.44. The molecule has 0 heterocycles. The Kier molecular flexibility index (Phi) is 3.81. The van der Waals surface area contributed by atoms with Crippen LogP contribution in [0.2, 0.25) is 5.02 Å². The third kappa shape index (κ3) is 2.74. The van der Waals surface area contributed by atoms with Gasteiger partial charge in [0, 0.05) is 15.4 Å². The highest BCUT2D eigenvalue weighted by Crippen LogP contribution is 2.50. The van der Waals surface area contributed by atoms with Crippen LogP contribution in [-0.4, -0.2) is 5.91 Å². The molecule has 4 heteroatoms. The zero-order chi connectivity index (χ0) is 14.1. The maximum Gasteiger partial charge on any atom is 0.228 e. The monoisotopic (exact) mass is 349 g/mol. The maximum absolute atomic E-state index is 12.2. The van der Waals surface area contributed by atoms with Crippen LogP contribution >= 0.6 is 27.5 Å². The fourth-order valence-electron chi connectivity index (χ4n) is 2.39. The standard InChI is InChI=1S/C16H13BrClNO/c17-13-6-2-4-8-15(13)19-16(20)12-9-11(12)10-5-1-3-7-14(10)18/h1-8,11-12H,9H2,(H,19,20). The predicted molar refractivity (Wildman–Crippen MR) is 85.1 cm³/mol. The maximum atomic E-state index is 12.2. The molecule has 1 amide bonds. The predicted octanol–water partition coefficient (Wildman–Crippen LogP) is 4.84. The van der Waals surface area contributed by atoms with Crippen LogP contribution in [0.3, 0.4) is 0 Å². The lowest BCUT2D eigenvalue weighted by Crippen LogP contribution is -2.14. The molecule has 0 aliphatic heterocycles. The van der Waals surface area contributed by atoms with Gasteiger partial charge in [-0.05, 0) is 52.0 Å². The summed E-state index contributed by atoms with van der Waals surface area (Å²) in [5, 5.41) is 3.71. The van der Waals surface area contributed by atoms with Gasteiger partial charge in [0.2, 0.25) is 5.91 Å². The molecule has 1 aliphatic rings. The number of rotatable bonds is 3. The SMILES string of the molecule is O=C(Nc1ccccc1Br)C1CC1c1ccccc1Cl. The molecule has 0 spiro atoms. The lowest BCUT2D eigenvalue weighted by atomic mass is 10.1. The third-order valence-corrected chi connectivity index (χ3v) is 4.60. The highest BCUT2D eigenvalue weighted by atomic mass is 79.9. The number of nitrogens with one attached hydrogen (secondary N) is 1. The summed E-state index contributed by atoms with van der Waals surface area (Å²) in [6, 6.07) is 15.4. The van der Waals surface area contributed by atoms with Crippen LogP contribution in [-0.2, 0) is 4.79 Å². The van der Waals surface area contributed by atoms with Gasteiger partial charge in [-0.15, -0.1) is 0 Å². The lowest BCUT2D eigenvalue weighted by molar-refractivity contribution is -0.117. The minimum atomic E-state index is 0.0157. The van der Waals surface area contributed by atoms with Crippen LogP contribution in [0, 0.1) is 5.92 Å². The number of para-hydroxylation sites is 1. The Bertz CT molecular complexity index is 658. The molecule has 2 atom stereocenters. The number of benzene rings is 2. The number of hydrogen-bond donors (Lipinski definition) is 1. The van der Waals surface area contributed by atoms with E-state index >= 15 is 0 Å². The van der Waals surface area contributed by atoms with Crippen LogP contribution in [0.25, 0.3) is 0 Å². The Labute approximate surface area is 131 Å². The zero-order valence-electron chi connectivity index (χ0n) is 10.6. The van der Waals surface area contributed by atoms with Crippen molar-refractivity contribution in [1.82, 2.24) is 0 Å². The summed E-state index contributed by atoms with van der Waals surface area (Å²) in [5.74, 6) is 0.315. The molecule has 0 saturated heterocycles. The summed E-state index contributed by atoms with van der Waals surface area (Å²) in [7, 11) is 0. The van der Waals surface area contributed by atoms with Gasteiger partial charge in [-0.3, -0.25) is 4.79 Å². The fourth-order valence-corrected chi connectivity index (χ4v) is 3.05. The second-order valence-corrected chi connectivity index (χ2v) is 6.20. The van der Waals surface area contributed by atoms with E-state index in [1.807, 2.05) is 48.5 Å². The molecule has 20 heavy (non-hydrogen) atoms. The molecular weight excluding hydrogens is 338 g/mol. The Morgan fingerprint density at radius 1 is 1.15 bits per heavy atom. The van der Waals surface area contributed by atoms with Crippen molar-refractivity contribution in [3.05, 3.63) is 63.6 Å². The fraction of sp³-hybridized carbons (Fsp3) is 0.188. The van der Waals surface area contributed by atoms with E-state index in [0.717, 1.165) is 27.2 Å². The van der Waals surface area contributed by atoms with Crippen molar-refractivity contribution in [3.8, 4) is 0 Å². The van der Waals surface area contributed by atoms with Gasteiger partial charge in [-0.2, -0.15) is 0 Å². The first kappa shape index (κ1) is 13.7. The molecular formula is C16H13BrClNO. The lowest BCUT2D eigenvalue weighted by Gasteiger charge is -2.07. The second-order valence-electron chi connectivity index (χ2n) is 4.94. The van der Waals surface area contributed by atoms with E-state index in [9.17, 15) is 4.79 Å². The number of halogens is 2. The molecule has 2 nitrogen and oxygen atoms in total. The number of hydrogen-bond acceptors (Lipinski definition) is 1. The van der Waals surface area contributed by atoms with Crippen molar-refractivity contribution in [2.45, 2.75) is 12.3 Å². The molecule has 2 aromatic rings. The van der Waals surface area contributed by atoms with Crippen LogP contribution in [0.4, 0.5) is 5.69 Å². The van der Waals surface area contributed by atoms with Gasteiger partial charge in [0.15, 0.2) is 0 Å². The Morgan fingerprint density at radius 3 is 2.60 bits per heavy atom. The third-order valence-electron chi connectivity index (χ3n) is 3.56. The van der Waals surface area contributed by atoms with Crippen LogP contribution in [0.15, 0.2) is 53.0 Å². The van der Waals surface area contributed by atoms with E-state index in [1.165, 1.54) is 0 Å². The van der Waals surface area contributed by atoms with Crippen molar-refractivity contribution in [3.63, 3.8) is 0 Å². The first-order valence-electron chi connectivity index (χ1n) is 6.46. The van der Waals surface area contributed by atoms with E-state index in [0.29, 0.717) is 0 Å². The average molecular weight is 351 g/mol. The van der Waals surface area contributed by atoms with Crippen molar-refractivity contribution in [2.75, 3.05) is 5.32 Å². The molecule has 1 saturated carbocycles. The summed E-state index contributed by atoms with van der Waals surface area (Å²) >= 11 is 9.61. The molecule has 0 bridgehead atoms. The first-order valence-corrected chi connectivity index (χ1v) is 7.63. The number of carbonyl (C=O) groups is 1. The van der Waals surface area contributed by atoms with E-state index < -0.39 is 0 Å². The van der Waals surface area contributed by atoms with Gasteiger partial charge in [-0.25, -0.2) is 0 Å². The molecule has 2 unspecified atom stereocenters. The smallest absolute Gasteiger partial charge is 0.228 e. The van der Waals surface area contributed by atoms with Crippen molar-refractivity contribution >= 4 is 39.1 Å². The Morgan fingerprint density at radius 2 is 1.85 bits per heavy atom. The van der Waals surface area contributed by atoms with Gasteiger partial charge < -0.3 is 5.32 Å². The molecule has 2 aromatic carbocycles. The van der Waals surface area contributed by atoms with Gasteiger partial charge in [-0.1, -0.05) is 41.9 Å². The molecule has 1 N–H and O–H groups in total. The summed E-state index contributed by atoms with van der Waals surface area (Å²) in [6.07, 6.45) is 0.861. The zero-order valence-corrected chi connectivity index (χ0v) is 13.0. The molecule has 1 aliphatic carbocycles. The molecule has 102 valence electrons. The van der Waals surface area contributed by atoms with Gasteiger partial charge in [0.1, 0.15) is 0 Å². The van der Waals surface area contributed by atoms with E-state index in [1.54, 1.807) is 0 Å². The minimum absolute atomic E-state index is 0.0157. The highest BCUT2D eigenvalue weighted by molar-refractivity contribution is 9.10. The molecule has 0 radical (unpaired) electrons. The summed E-state index contributed by atoms with van der Waals surface area (Å²) in [6.45, 7) is 0. The van der Waals surface area contributed by atoms with E-state index in [4.69, 9.17) is 11.6 Å². The van der Waals surface area contributed by atoms with Crippen LogP contribution in [0.5, 0.6) is 0 Å². The summed E-state index contributed by atoms with van der Waals surface area (Å²) in [5.41, 5.74) is 1.88. The number of anilines is 1. The van der Waals surface area contributed by atoms with Crippen molar-refractivity contribution in [2.24, 2.45) is 5.92 Å². The van der Waals surface area contributed by atoms with Gasteiger partial charge >= 0.3 is 0 Å². The quantitative estimate of drug-likeness (QED) is 0.843. The van der Waals surface area contributed by atoms with E-state index in [-0.39, 0.29) is 17.7 Å².